The molecule has 0 spiro atoms. The Morgan fingerprint density at radius 1 is 1.42 bits per heavy atom. The number of rotatable bonds is 1. The molecule has 62 valence electrons. The van der Waals surface area contributed by atoms with Crippen LogP contribution in [0, 0.1) is 6.92 Å². The van der Waals surface area contributed by atoms with Crippen molar-refractivity contribution >= 4 is 6.21 Å². The van der Waals surface area contributed by atoms with Crippen LogP contribution in [0.25, 0.3) is 0 Å². The molecule has 1 heterocycles. The largest absolute Gasteiger partial charge is 0.309 e. The fourth-order valence-electron chi connectivity index (χ4n) is 1.54. The van der Waals surface area contributed by atoms with Gasteiger partial charge in [-0.05, 0) is 18.1 Å². The zero-order chi connectivity index (χ0) is 8.39. The minimum Gasteiger partial charge on any atom is -0.309 e. The summed E-state index contributed by atoms with van der Waals surface area (Å²) in [5.74, 6) is 0.464. The van der Waals surface area contributed by atoms with Gasteiger partial charge in [-0.3, -0.25) is 0 Å². The van der Waals surface area contributed by atoms with Gasteiger partial charge in [0.25, 0.3) is 0 Å². The number of nitrogens with zero attached hydrogens (tertiary/aromatic N) is 1. The molecule has 0 fully saturated rings. The lowest BCUT2D eigenvalue weighted by Gasteiger charge is -2.08. The molecule has 12 heavy (non-hydrogen) atoms. The van der Waals surface area contributed by atoms with Crippen LogP contribution in [0.2, 0.25) is 0 Å². The first-order chi connectivity index (χ1) is 5.88. The monoisotopic (exact) mass is 160 g/mol. The van der Waals surface area contributed by atoms with Gasteiger partial charge in [0.2, 0.25) is 0 Å². The van der Waals surface area contributed by atoms with Crippen LogP contribution >= 0.6 is 0 Å². The van der Waals surface area contributed by atoms with Crippen molar-refractivity contribution in [1.82, 2.24) is 5.43 Å². The number of hydrogen-bond donors (Lipinski definition) is 1. The summed E-state index contributed by atoms with van der Waals surface area (Å²) in [5.41, 5.74) is 5.69. The summed E-state index contributed by atoms with van der Waals surface area (Å²) in [5, 5.41) is 4.01. The van der Waals surface area contributed by atoms with E-state index >= 15 is 0 Å². The van der Waals surface area contributed by atoms with Crippen LogP contribution in [0.3, 0.4) is 0 Å². The van der Waals surface area contributed by atoms with E-state index in [-0.39, 0.29) is 0 Å². The third kappa shape index (κ3) is 1.20. The molecular formula is C10H12N2. The predicted octanol–water partition coefficient (Wildman–Crippen LogP) is 1.67. The van der Waals surface area contributed by atoms with E-state index in [4.69, 9.17) is 0 Å². The lowest BCUT2D eigenvalue weighted by Crippen LogP contribution is -2.09. The summed E-state index contributed by atoms with van der Waals surface area (Å²) in [6.07, 6.45) is 1.97. The highest BCUT2D eigenvalue weighted by Crippen LogP contribution is 2.19. The van der Waals surface area contributed by atoms with E-state index in [1.807, 2.05) is 6.21 Å². The van der Waals surface area contributed by atoms with E-state index in [9.17, 15) is 0 Å². The molecule has 0 bridgehead atoms. The number of benzene rings is 1. The number of nitrogens with one attached hydrogen (secondary N) is 1. The molecular weight excluding hydrogens is 148 g/mol. The molecule has 1 unspecified atom stereocenters. The molecule has 0 radical (unpaired) electrons. The van der Waals surface area contributed by atoms with Crippen molar-refractivity contribution in [2.75, 3.05) is 6.54 Å². The van der Waals surface area contributed by atoms with E-state index < -0.39 is 0 Å². The van der Waals surface area contributed by atoms with Crippen molar-refractivity contribution in [3.63, 3.8) is 0 Å². The number of hydrogen-bond acceptors (Lipinski definition) is 2. The van der Waals surface area contributed by atoms with Crippen LogP contribution < -0.4 is 5.43 Å². The zero-order valence-electron chi connectivity index (χ0n) is 7.12. The van der Waals surface area contributed by atoms with Crippen molar-refractivity contribution in [3.05, 3.63) is 35.4 Å². The first-order valence-electron chi connectivity index (χ1n) is 4.19. The second kappa shape index (κ2) is 2.97. The second-order valence-electron chi connectivity index (χ2n) is 3.10. The van der Waals surface area contributed by atoms with E-state index in [1.165, 1.54) is 11.1 Å². The SMILES string of the molecule is Cc1ccccc1C1C=NNC1. The molecule has 1 N–H and O–H groups in total. The van der Waals surface area contributed by atoms with E-state index in [0.717, 1.165) is 6.54 Å². The Labute approximate surface area is 72.3 Å². The van der Waals surface area contributed by atoms with Gasteiger partial charge in [0.15, 0.2) is 0 Å². The van der Waals surface area contributed by atoms with Gasteiger partial charge in [0.05, 0.1) is 0 Å². The maximum Gasteiger partial charge on any atom is 0.0449 e. The van der Waals surface area contributed by atoms with Crippen LogP contribution in [-0.4, -0.2) is 12.8 Å². The highest BCUT2D eigenvalue weighted by Gasteiger charge is 2.13. The van der Waals surface area contributed by atoms with E-state index in [1.54, 1.807) is 0 Å². The van der Waals surface area contributed by atoms with Gasteiger partial charge in [0, 0.05) is 18.7 Å². The average Bonchev–Trinajstić information content (AvgIpc) is 2.57. The quantitative estimate of drug-likeness (QED) is 0.664. The summed E-state index contributed by atoms with van der Waals surface area (Å²) >= 11 is 0. The van der Waals surface area contributed by atoms with E-state index in [2.05, 4.69) is 41.7 Å². The maximum absolute atomic E-state index is 4.01. The van der Waals surface area contributed by atoms with Crippen LogP contribution in [-0.2, 0) is 0 Å². The lowest BCUT2D eigenvalue weighted by molar-refractivity contribution is 0.762. The average molecular weight is 160 g/mol. The fraction of sp³-hybridized carbons (Fsp3) is 0.300. The van der Waals surface area contributed by atoms with Crippen molar-refractivity contribution in [1.29, 1.82) is 0 Å². The first kappa shape index (κ1) is 7.35. The van der Waals surface area contributed by atoms with Gasteiger partial charge >= 0.3 is 0 Å². The molecule has 1 aromatic carbocycles. The van der Waals surface area contributed by atoms with Crippen LogP contribution in [0.15, 0.2) is 29.4 Å². The molecule has 0 aromatic heterocycles. The van der Waals surface area contributed by atoms with Crippen molar-refractivity contribution < 1.29 is 0 Å². The molecule has 1 aliphatic rings. The molecule has 0 amide bonds. The standard InChI is InChI=1S/C10H12N2/c1-8-4-2-3-5-10(8)9-6-11-12-7-9/h2-6,9,12H,7H2,1H3. The van der Waals surface area contributed by atoms with Gasteiger partial charge in [-0.1, -0.05) is 24.3 Å². The third-order valence-electron chi connectivity index (χ3n) is 2.24. The first-order valence-corrected chi connectivity index (χ1v) is 4.19. The molecule has 2 heteroatoms. The lowest BCUT2D eigenvalue weighted by atomic mass is 9.97. The smallest absolute Gasteiger partial charge is 0.0449 e. The van der Waals surface area contributed by atoms with Gasteiger partial charge in [-0.2, -0.15) is 5.10 Å². The highest BCUT2D eigenvalue weighted by atomic mass is 15.3. The summed E-state index contributed by atoms with van der Waals surface area (Å²) < 4.78 is 0. The van der Waals surface area contributed by atoms with Crippen molar-refractivity contribution in [2.24, 2.45) is 5.10 Å². The Morgan fingerprint density at radius 3 is 2.92 bits per heavy atom. The Morgan fingerprint density at radius 2 is 2.25 bits per heavy atom. The zero-order valence-corrected chi connectivity index (χ0v) is 7.12. The molecule has 0 aliphatic carbocycles. The maximum atomic E-state index is 4.01. The minimum atomic E-state index is 0.464. The van der Waals surface area contributed by atoms with Gasteiger partial charge in [-0.25, -0.2) is 0 Å². The Balaban J connectivity index is 2.33. The minimum absolute atomic E-state index is 0.464. The van der Waals surface area contributed by atoms with Gasteiger partial charge in [-0.15, -0.1) is 0 Å². The Hall–Kier alpha value is -1.31. The molecule has 2 nitrogen and oxygen atoms in total. The highest BCUT2D eigenvalue weighted by molar-refractivity contribution is 5.70. The summed E-state index contributed by atoms with van der Waals surface area (Å²) in [6.45, 7) is 3.08. The number of aryl methyl sites for hydroxylation is 1. The van der Waals surface area contributed by atoms with Crippen molar-refractivity contribution in [3.8, 4) is 0 Å². The summed E-state index contributed by atoms with van der Waals surface area (Å²) in [6, 6.07) is 8.45. The fourth-order valence-corrected chi connectivity index (χ4v) is 1.54. The topological polar surface area (TPSA) is 24.4 Å². The molecule has 1 aromatic rings. The number of hydrazone groups is 1. The summed E-state index contributed by atoms with van der Waals surface area (Å²) in [4.78, 5) is 0. The second-order valence-corrected chi connectivity index (χ2v) is 3.10. The van der Waals surface area contributed by atoms with Crippen LogP contribution in [0.4, 0.5) is 0 Å². The third-order valence-corrected chi connectivity index (χ3v) is 2.24. The van der Waals surface area contributed by atoms with Crippen LogP contribution in [0.1, 0.15) is 17.0 Å². The molecule has 0 saturated heterocycles. The Kier molecular flexibility index (Phi) is 1.82. The predicted molar refractivity (Wildman–Crippen MR) is 50.4 cm³/mol. The normalized spacial score (nSPS) is 20.9. The van der Waals surface area contributed by atoms with Crippen LogP contribution in [0.5, 0.6) is 0 Å². The Bertz CT molecular complexity index is 304. The van der Waals surface area contributed by atoms with E-state index in [0.29, 0.717) is 5.92 Å². The molecule has 2 rings (SSSR count). The van der Waals surface area contributed by atoms with Gasteiger partial charge < -0.3 is 5.43 Å². The van der Waals surface area contributed by atoms with Gasteiger partial charge in [0.1, 0.15) is 0 Å². The van der Waals surface area contributed by atoms with Crippen molar-refractivity contribution in [2.45, 2.75) is 12.8 Å². The molecule has 0 saturated carbocycles. The summed E-state index contributed by atoms with van der Waals surface area (Å²) in [7, 11) is 0. The molecule has 1 atom stereocenters. The molecule has 1 aliphatic heterocycles.